The van der Waals surface area contributed by atoms with Crippen LogP contribution in [0.2, 0.25) is 0 Å². The second kappa shape index (κ2) is 4.72. The molecule has 0 bridgehead atoms. The molecule has 3 nitrogen and oxygen atoms in total. The Balaban J connectivity index is 2.46. The summed E-state index contributed by atoms with van der Waals surface area (Å²) in [6.45, 7) is 1.96. The smallest absolute Gasteiger partial charge is 0.0994 e. The maximum Gasteiger partial charge on any atom is 0.0994 e. The number of thioether (sulfide) groups is 1. The molecule has 1 aromatic carbocycles. The van der Waals surface area contributed by atoms with E-state index in [-0.39, 0.29) is 6.04 Å². The molecular weight excluding hydrogens is 218 g/mol. The van der Waals surface area contributed by atoms with Crippen molar-refractivity contribution in [2.75, 3.05) is 6.26 Å². The highest BCUT2D eigenvalue weighted by Gasteiger charge is 2.08. The van der Waals surface area contributed by atoms with Crippen molar-refractivity contribution in [1.29, 1.82) is 0 Å². The number of nitrogens with zero attached hydrogens (tertiary/aromatic N) is 2. The normalized spacial score (nSPS) is 12.7. The van der Waals surface area contributed by atoms with Gasteiger partial charge in [0.1, 0.15) is 0 Å². The Morgan fingerprint density at radius 2 is 2.25 bits per heavy atom. The van der Waals surface area contributed by atoms with E-state index in [9.17, 15) is 0 Å². The molecule has 1 aromatic heterocycles. The number of benzene rings is 1. The van der Waals surface area contributed by atoms with Gasteiger partial charge in [-0.15, -0.1) is 11.8 Å². The van der Waals surface area contributed by atoms with Gasteiger partial charge in [0, 0.05) is 16.6 Å². The molecule has 1 heterocycles. The van der Waals surface area contributed by atoms with Gasteiger partial charge in [-0.3, -0.25) is 0 Å². The molecule has 2 N–H and O–H groups in total. The van der Waals surface area contributed by atoms with E-state index in [0.29, 0.717) is 0 Å². The fraction of sp³-hybridized carbons (Fsp3) is 0.250. The van der Waals surface area contributed by atoms with Crippen LogP contribution in [0.3, 0.4) is 0 Å². The van der Waals surface area contributed by atoms with Gasteiger partial charge in [-0.25, -0.2) is 4.98 Å². The molecule has 0 unspecified atom stereocenters. The molecule has 0 spiro atoms. The lowest BCUT2D eigenvalue weighted by molar-refractivity contribution is 0.752. The van der Waals surface area contributed by atoms with E-state index >= 15 is 0 Å². The van der Waals surface area contributed by atoms with Crippen molar-refractivity contribution in [3.05, 3.63) is 42.5 Å². The van der Waals surface area contributed by atoms with Crippen molar-refractivity contribution >= 4 is 11.8 Å². The fourth-order valence-corrected chi connectivity index (χ4v) is 2.07. The Bertz CT molecular complexity index is 477. The van der Waals surface area contributed by atoms with Gasteiger partial charge in [0.2, 0.25) is 0 Å². The molecule has 0 saturated heterocycles. The molecule has 2 rings (SSSR count). The molecule has 0 aliphatic heterocycles. The van der Waals surface area contributed by atoms with Crippen molar-refractivity contribution in [2.45, 2.75) is 17.9 Å². The third-order valence-electron chi connectivity index (χ3n) is 2.47. The van der Waals surface area contributed by atoms with Crippen LogP contribution in [-0.2, 0) is 0 Å². The van der Waals surface area contributed by atoms with Crippen LogP contribution in [0.25, 0.3) is 5.69 Å². The van der Waals surface area contributed by atoms with Gasteiger partial charge < -0.3 is 10.3 Å². The molecular formula is C12H15N3S. The molecule has 84 valence electrons. The van der Waals surface area contributed by atoms with E-state index in [2.05, 4.69) is 29.4 Å². The molecule has 0 amide bonds. The summed E-state index contributed by atoms with van der Waals surface area (Å²) in [7, 11) is 0. The average Bonchev–Trinajstić information content (AvgIpc) is 2.78. The summed E-state index contributed by atoms with van der Waals surface area (Å²) in [6, 6.07) is 8.33. The summed E-state index contributed by atoms with van der Waals surface area (Å²) in [5, 5.41) is 0. The zero-order chi connectivity index (χ0) is 11.5. The molecule has 16 heavy (non-hydrogen) atoms. The largest absolute Gasteiger partial charge is 0.323 e. The Hall–Kier alpha value is -1.26. The number of aromatic nitrogens is 2. The summed E-state index contributed by atoms with van der Waals surface area (Å²) in [5.41, 5.74) is 8.03. The minimum Gasteiger partial charge on any atom is -0.323 e. The van der Waals surface area contributed by atoms with Crippen molar-refractivity contribution < 1.29 is 0 Å². The third kappa shape index (κ3) is 2.13. The maximum absolute atomic E-state index is 5.90. The fourth-order valence-electron chi connectivity index (χ4n) is 1.62. The first kappa shape index (κ1) is 11.2. The Kier molecular flexibility index (Phi) is 3.31. The van der Waals surface area contributed by atoms with Crippen LogP contribution >= 0.6 is 11.8 Å². The van der Waals surface area contributed by atoms with Gasteiger partial charge in [0.15, 0.2) is 0 Å². The summed E-state index contributed by atoms with van der Waals surface area (Å²) in [5.74, 6) is 0. The van der Waals surface area contributed by atoms with Crippen molar-refractivity contribution in [3.63, 3.8) is 0 Å². The molecule has 0 radical (unpaired) electrons. The van der Waals surface area contributed by atoms with E-state index < -0.39 is 0 Å². The molecule has 2 aromatic rings. The lowest BCUT2D eigenvalue weighted by Crippen LogP contribution is -2.10. The van der Waals surface area contributed by atoms with Gasteiger partial charge in [-0.05, 0) is 31.4 Å². The number of hydrogen-bond acceptors (Lipinski definition) is 3. The van der Waals surface area contributed by atoms with Crippen molar-refractivity contribution in [2.24, 2.45) is 5.73 Å². The van der Waals surface area contributed by atoms with Crippen LogP contribution in [-0.4, -0.2) is 15.8 Å². The van der Waals surface area contributed by atoms with Crippen molar-refractivity contribution in [1.82, 2.24) is 9.55 Å². The van der Waals surface area contributed by atoms with E-state index in [1.807, 2.05) is 23.8 Å². The first-order valence-corrected chi connectivity index (χ1v) is 6.37. The average molecular weight is 233 g/mol. The van der Waals surface area contributed by atoms with Gasteiger partial charge in [-0.1, -0.05) is 6.07 Å². The topological polar surface area (TPSA) is 43.8 Å². The standard InChI is InChI=1S/C12H15N3S/c1-9(13)12-7-14-8-15(12)10-4-3-5-11(6-10)16-2/h3-9H,13H2,1-2H3/t9-/m0/s1. The molecule has 0 saturated carbocycles. The minimum atomic E-state index is -0.0135. The molecule has 4 heteroatoms. The van der Waals surface area contributed by atoms with Crippen LogP contribution in [0.15, 0.2) is 41.7 Å². The van der Waals surface area contributed by atoms with Crippen LogP contribution in [0.5, 0.6) is 0 Å². The van der Waals surface area contributed by atoms with Crippen LogP contribution in [0, 0.1) is 0 Å². The van der Waals surface area contributed by atoms with Crippen LogP contribution < -0.4 is 5.73 Å². The first-order valence-electron chi connectivity index (χ1n) is 5.14. The van der Waals surface area contributed by atoms with Gasteiger partial charge in [0.05, 0.1) is 18.2 Å². The summed E-state index contributed by atoms with van der Waals surface area (Å²) in [6.07, 6.45) is 5.69. The second-order valence-corrected chi connectivity index (χ2v) is 4.56. The third-order valence-corrected chi connectivity index (χ3v) is 3.19. The quantitative estimate of drug-likeness (QED) is 0.829. The molecule has 0 aliphatic rings. The SMILES string of the molecule is CSc1cccc(-n2cncc2[C@H](C)N)c1. The van der Waals surface area contributed by atoms with Crippen LogP contribution in [0.1, 0.15) is 18.7 Å². The minimum absolute atomic E-state index is 0.0135. The number of hydrogen-bond donors (Lipinski definition) is 1. The van der Waals surface area contributed by atoms with Gasteiger partial charge in [0.25, 0.3) is 0 Å². The van der Waals surface area contributed by atoms with E-state index in [1.165, 1.54) is 4.90 Å². The highest BCUT2D eigenvalue weighted by molar-refractivity contribution is 7.98. The van der Waals surface area contributed by atoms with E-state index in [1.54, 1.807) is 18.1 Å². The van der Waals surface area contributed by atoms with Gasteiger partial charge in [-0.2, -0.15) is 0 Å². The predicted molar refractivity (Wildman–Crippen MR) is 67.9 cm³/mol. The predicted octanol–water partition coefficient (Wildman–Crippen LogP) is 2.61. The van der Waals surface area contributed by atoms with Crippen molar-refractivity contribution in [3.8, 4) is 5.69 Å². The Morgan fingerprint density at radius 3 is 2.94 bits per heavy atom. The summed E-state index contributed by atoms with van der Waals surface area (Å²) < 4.78 is 2.03. The molecule has 1 atom stereocenters. The number of imidazole rings is 1. The van der Waals surface area contributed by atoms with E-state index in [4.69, 9.17) is 5.73 Å². The highest BCUT2D eigenvalue weighted by atomic mass is 32.2. The summed E-state index contributed by atoms with van der Waals surface area (Å²) in [4.78, 5) is 5.39. The highest BCUT2D eigenvalue weighted by Crippen LogP contribution is 2.21. The number of rotatable bonds is 3. The van der Waals surface area contributed by atoms with Crippen LogP contribution in [0.4, 0.5) is 0 Å². The monoisotopic (exact) mass is 233 g/mol. The Morgan fingerprint density at radius 1 is 1.44 bits per heavy atom. The zero-order valence-electron chi connectivity index (χ0n) is 9.42. The summed E-state index contributed by atoms with van der Waals surface area (Å²) >= 11 is 1.73. The molecule has 0 fully saturated rings. The number of nitrogens with two attached hydrogens (primary N) is 1. The maximum atomic E-state index is 5.90. The zero-order valence-corrected chi connectivity index (χ0v) is 10.2. The first-order chi connectivity index (χ1) is 7.72. The molecule has 0 aliphatic carbocycles. The lowest BCUT2D eigenvalue weighted by atomic mass is 10.2. The second-order valence-electron chi connectivity index (χ2n) is 3.68. The van der Waals surface area contributed by atoms with E-state index in [0.717, 1.165) is 11.4 Å². The van der Waals surface area contributed by atoms with Gasteiger partial charge >= 0.3 is 0 Å². The Labute approximate surface area is 99.7 Å². The lowest BCUT2D eigenvalue weighted by Gasteiger charge is -2.11.